The Morgan fingerprint density at radius 2 is 2.06 bits per heavy atom. The van der Waals surface area contributed by atoms with Crippen LogP contribution in [0.1, 0.15) is 33.1 Å². The van der Waals surface area contributed by atoms with Crippen LogP contribution in [0.2, 0.25) is 0 Å². The van der Waals surface area contributed by atoms with Crippen LogP contribution in [-0.4, -0.2) is 55.6 Å². The summed E-state index contributed by atoms with van der Waals surface area (Å²) in [5.41, 5.74) is 6.15. The van der Waals surface area contributed by atoms with Gasteiger partial charge >= 0.3 is 0 Å². The minimum Gasteiger partial charge on any atom is -0.327 e. The van der Waals surface area contributed by atoms with Gasteiger partial charge in [0.1, 0.15) is 0 Å². The van der Waals surface area contributed by atoms with Gasteiger partial charge < -0.3 is 10.6 Å². The maximum absolute atomic E-state index is 6.15. The molecular weight excluding hydrogens is 198 g/mol. The Labute approximate surface area is 101 Å². The summed E-state index contributed by atoms with van der Waals surface area (Å²) in [5, 5.41) is 0. The summed E-state index contributed by atoms with van der Waals surface area (Å²) in [4.78, 5) is 4.89. The van der Waals surface area contributed by atoms with E-state index in [1.54, 1.807) is 0 Å². The van der Waals surface area contributed by atoms with Gasteiger partial charge in [-0.3, -0.25) is 4.90 Å². The van der Waals surface area contributed by atoms with Gasteiger partial charge in [0, 0.05) is 31.7 Å². The standard InChI is InChI=1S/C13H29N3/c1-5-6-7-12(14)9-16-8-11(2)13(10-16)15(3)4/h11-13H,5-10,14H2,1-4H3. The van der Waals surface area contributed by atoms with Crippen molar-refractivity contribution < 1.29 is 0 Å². The van der Waals surface area contributed by atoms with E-state index in [0.29, 0.717) is 12.1 Å². The molecule has 0 bridgehead atoms. The summed E-state index contributed by atoms with van der Waals surface area (Å²) in [7, 11) is 4.36. The predicted octanol–water partition coefficient (Wildman–Crippen LogP) is 1.39. The van der Waals surface area contributed by atoms with E-state index >= 15 is 0 Å². The topological polar surface area (TPSA) is 32.5 Å². The average Bonchev–Trinajstić information content (AvgIpc) is 2.56. The zero-order valence-electron chi connectivity index (χ0n) is 11.4. The van der Waals surface area contributed by atoms with Crippen LogP contribution in [0.3, 0.4) is 0 Å². The van der Waals surface area contributed by atoms with E-state index in [9.17, 15) is 0 Å². The van der Waals surface area contributed by atoms with Crippen LogP contribution in [-0.2, 0) is 0 Å². The lowest BCUT2D eigenvalue weighted by molar-refractivity contribution is 0.246. The molecule has 0 aromatic carbocycles. The molecule has 1 saturated heterocycles. The van der Waals surface area contributed by atoms with E-state index < -0.39 is 0 Å². The highest BCUT2D eigenvalue weighted by atomic mass is 15.2. The molecule has 1 heterocycles. The quantitative estimate of drug-likeness (QED) is 0.744. The Bertz CT molecular complexity index is 194. The van der Waals surface area contributed by atoms with E-state index in [0.717, 1.165) is 12.5 Å². The van der Waals surface area contributed by atoms with Crippen molar-refractivity contribution in [3.8, 4) is 0 Å². The number of hydrogen-bond donors (Lipinski definition) is 1. The lowest BCUT2D eigenvalue weighted by Crippen LogP contribution is -2.38. The minimum absolute atomic E-state index is 0.369. The third kappa shape index (κ3) is 4.04. The second kappa shape index (κ2) is 6.58. The Hall–Kier alpha value is -0.120. The molecule has 3 unspecified atom stereocenters. The molecule has 2 N–H and O–H groups in total. The third-order valence-corrected chi connectivity index (χ3v) is 3.73. The van der Waals surface area contributed by atoms with Gasteiger partial charge in [0.05, 0.1) is 0 Å². The van der Waals surface area contributed by atoms with Crippen LogP contribution in [0.25, 0.3) is 0 Å². The molecule has 0 saturated carbocycles. The number of unbranched alkanes of at least 4 members (excludes halogenated alkanes) is 1. The molecule has 0 radical (unpaired) electrons. The fraction of sp³-hybridized carbons (Fsp3) is 1.00. The molecule has 3 atom stereocenters. The molecule has 1 aliphatic rings. The van der Waals surface area contributed by atoms with Crippen LogP contribution >= 0.6 is 0 Å². The summed E-state index contributed by atoms with van der Waals surface area (Å²) in [6.45, 7) is 8.06. The highest BCUT2D eigenvalue weighted by Crippen LogP contribution is 2.20. The maximum Gasteiger partial charge on any atom is 0.0254 e. The molecule has 1 fully saturated rings. The molecule has 0 aromatic rings. The summed E-state index contributed by atoms with van der Waals surface area (Å²) in [6, 6.07) is 1.08. The normalized spacial score (nSPS) is 28.9. The van der Waals surface area contributed by atoms with Gasteiger partial charge in [-0.05, 0) is 26.4 Å². The summed E-state index contributed by atoms with van der Waals surface area (Å²) in [6.07, 6.45) is 3.69. The van der Waals surface area contributed by atoms with Crippen molar-refractivity contribution in [1.82, 2.24) is 9.80 Å². The molecule has 96 valence electrons. The van der Waals surface area contributed by atoms with Crippen molar-refractivity contribution in [2.24, 2.45) is 11.7 Å². The highest BCUT2D eigenvalue weighted by Gasteiger charge is 2.31. The third-order valence-electron chi connectivity index (χ3n) is 3.73. The van der Waals surface area contributed by atoms with Crippen molar-refractivity contribution in [3.63, 3.8) is 0 Å². The van der Waals surface area contributed by atoms with Gasteiger partial charge in [0.2, 0.25) is 0 Å². The van der Waals surface area contributed by atoms with Crippen LogP contribution in [0.15, 0.2) is 0 Å². The van der Waals surface area contributed by atoms with E-state index in [4.69, 9.17) is 5.73 Å². The lowest BCUT2D eigenvalue weighted by Gasteiger charge is -2.23. The van der Waals surface area contributed by atoms with E-state index in [-0.39, 0.29) is 0 Å². The van der Waals surface area contributed by atoms with Gasteiger partial charge in [-0.2, -0.15) is 0 Å². The monoisotopic (exact) mass is 227 g/mol. The largest absolute Gasteiger partial charge is 0.327 e. The van der Waals surface area contributed by atoms with E-state index in [1.807, 2.05) is 0 Å². The Morgan fingerprint density at radius 1 is 1.38 bits per heavy atom. The van der Waals surface area contributed by atoms with Crippen molar-refractivity contribution in [1.29, 1.82) is 0 Å². The Morgan fingerprint density at radius 3 is 2.56 bits per heavy atom. The first-order valence-electron chi connectivity index (χ1n) is 6.69. The summed E-state index contributed by atoms with van der Waals surface area (Å²) < 4.78 is 0. The van der Waals surface area contributed by atoms with Crippen LogP contribution in [0, 0.1) is 5.92 Å². The molecule has 0 aliphatic carbocycles. The van der Waals surface area contributed by atoms with Gasteiger partial charge in [-0.1, -0.05) is 26.7 Å². The Kier molecular flexibility index (Phi) is 5.73. The number of nitrogens with zero attached hydrogens (tertiary/aromatic N) is 2. The predicted molar refractivity (Wildman–Crippen MR) is 70.6 cm³/mol. The zero-order chi connectivity index (χ0) is 12.1. The van der Waals surface area contributed by atoms with Crippen molar-refractivity contribution >= 4 is 0 Å². The van der Waals surface area contributed by atoms with Crippen molar-refractivity contribution in [3.05, 3.63) is 0 Å². The number of rotatable bonds is 6. The molecular formula is C13H29N3. The molecule has 0 amide bonds. The highest BCUT2D eigenvalue weighted by molar-refractivity contribution is 4.87. The van der Waals surface area contributed by atoms with Gasteiger partial charge in [0.15, 0.2) is 0 Å². The summed E-state index contributed by atoms with van der Waals surface area (Å²) >= 11 is 0. The molecule has 16 heavy (non-hydrogen) atoms. The zero-order valence-corrected chi connectivity index (χ0v) is 11.4. The Balaban J connectivity index is 2.29. The number of likely N-dealkylation sites (tertiary alicyclic amines) is 1. The van der Waals surface area contributed by atoms with Crippen LogP contribution < -0.4 is 5.73 Å². The SMILES string of the molecule is CCCCC(N)CN1CC(C)C(N(C)C)C1. The molecule has 0 aromatic heterocycles. The second-order valence-electron chi connectivity index (χ2n) is 5.63. The van der Waals surface area contributed by atoms with Gasteiger partial charge in [-0.15, -0.1) is 0 Å². The fourth-order valence-electron chi connectivity index (χ4n) is 2.76. The lowest BCUT2D eigenvalue weighted by atomic mass is 10.1. The van der Waals surface area contributed by atoms with Crippen LogP contribution in [0.5, 0.6) is 0 Å². The van der Waals surface area contributed by atoms with Gasteiger partial charge in [0.25, 0.3) is 0 Å². The smallest absolute Gasteiger partial charge is 0.0254 e. The number of nitrogens with two attached hydrogens (primary N) is 1. The van der Waals surface area contributed by atoms with Gasteiger partial charge in [-0.25, -0.2) is 0 Å². The number of likely N-dealkylation sites (N-methyl/N-ethyl adjacent to an activating group) is 1. The molecule has 0 spiro atoms. The average molecular weight is 227 g/mol. The van der Waals surface area contributed by atoms with E-state index in [1.165, 1.54) is 32.4 Å². The molecule has 3 heteroatoms. The molecule has 1 rings (SSSR count). The second-order valence-corrected chi connectivity index (χ2v) is 5.63. The maximum atomic E-state index is 6.15. The van der Waals surface area contributed by atoms with Crippen LogP contribution in [0.4, 0.5) is 0 Å². The van der Waals surface area contributed by atoms with E-state index in [2.05, 4.69) is 37.7 Å². The van der Waals surface area contributed by atoms with Crippen molar-refractivity contribution in [2.75, 3.05) is 33.7 Å². The minimum atomic E-state index is 0.369. The summed E-state index contributed by atoms with van der Waals surface area (Å²) in [5.74, 6) is 0.772. The first-order chi connectivity index (χ1) is 7.54. The first-order valence-corrected chi connectivity index (χ1v) is 6.69. The first kappa shape index (κ1) is 13.9. The molecule has 3 nitrogen and oxygen atoms in total. The number of hydrogen-bond acceptors (Lipinski definition) is 3. The molecule has 1 aliphatic heterocycles. The van der Waals surface area contributed by atoms with Crippen molar-refractivity contribution in [2.45, 2.75) is 45.2 Å². The fourth-order valence-corrected chi connectivity index (χ4v) is 2.76.